The highest BCUT2D eigenvalue weighted by molar-refractivity contribution is 9.10. The number of hydrogen-bond donors (Lipinski definition) is 1. The summed E-state index contributed by atoms with van der Waals surface area (Å²) in [6.07, 6.45) is 1.29. The first kappa shape index (κ1) is 15.2. The number of nitrogens with zero attached hydrogens (tertiary/aromatic N) is 1. The minimum Gasteiger partial charge on any atom is -0.371 e. The molecule has 0 amide bonds. The Morgan fingerprint density at radius 2 is 2.21 bits per heavy atom. The number of anilines is 1. The molecule has 1 aromatic rings. The zero-order valence-electron chi connectivity index (χ0n) is 11.8. The topological polar surface area (TPSA) is 15.3 Å². The van der Waals surface area contributed by atoms with Crippen LogP contribution in [0.5, 0.6) is 0 Å². The predicted octanol–water partition coefficient (Wildman–Crippen LogP) is 4.06. The van der Waals surface area contributed by atoms with Gasteiger partial charge in [0, 0.05) is 35.0 Å². The highest BCUT2D eigenvalue weighted by Crippen LogP contribution is 2.29. The van der Waals surface area contributed by atoms with Crippen molar-refractivity contribution in [3.8, 4) is 0 Å². The van der Waals surface area contributed by atoms with E-state index in [0.29, 0.717) is 6.04 Å². The van der Waals surface area contributed by atoms with Gasteiger partial charge in [0.15, 0.2) is 0 Å². The highest BCUT2D eigenvalue weighted by atomic mass is 79.9. The van der Waals surface area contributed by atoms with Crippen molar-refractivity contribution < 1.29 is 0 Å². The SMILES string of the molecule is CCNC(C)c1ccc(N2CCCSCC2)cc1Br. The molecular weight excluding hydrogens is 320 g/mol. The molecule has 0 aliphatic carbocycles. The molecule has 4 heteroatoms. The number of nitrogens with one attached hydrogen (secondary N) is 1. The zero-order valence-corrected chi connectivity index (χ0v) is 14.2. The minimum atomic E-state index is 0.396. The van der Waals surface area contributed by atoms with Crippen LogP contribution in [0.25, 0.3) is 0 Å². The average Bonchev–Trinajstić information content (AvgIpc) is 2.67. The quantitative estimate of drug-likeness (QED) is 0.887. The van der Waals surface area contributed by atoms with Gasteiger partial charge in [-0.3, -0.25) is 0 Å². The number of benzene rings is 1. The van der Waals surface area contributed by atoms with Crippen molar-refractivity contribution in [3.63, 3.8) is 0 Å². The molecule has 1 heterocycles. The monoisotopic (exact) mass is 342 g/mol. The lowest BCUT2D eigenvalue weighted by molar-refractivity contribution is 0.596. The molecule has 1 N–H and O–H groups in total. The molecule has 0 radical (unpaired) electrons. The Labute approximate surface area is 129 Å². The third-order valence-electron chi connectivity index (χ3n) is 3.55. The second-order valence-corrected chi connectivity index (χ2v) is 7.02. The van der Waals surface area contributed by atoms with Crippen molar-refractivity contribution in [2.75, 3.05) is 36.0 Å². The number of hydrogen-bond acceptors (Lipinski definition) is 3. The summed E-state index contributed by atoms with van der Waals surface area (Å²) in [4.78, 5) is 2.51. The van der Waals surface area contributed by atoms with Gasteiger partial charge in [-0.15, -0.1) is 0 Å². The smallest absolute Gasteiger partial charge is 0.0378 e. The summed E-state index contributed by atoms with van der Waals surface area (Å²) in [5.41, 5.74) is 2.69. The van der Waals surface area contributed by atoms with Crippen molar-refractivity contribution in [1.82, 2.24) is 5.32 Å². The van der Waals surface area contributed by atoms with E-state index in [9.17, 15) is 0 Å². The Hall–Kier alpha value is -0.190. The molecule has 0 aromatic heterocycles. The second kappa shape index (κ2) is 7.55. The van der Waals surface area contributed by atoms with E-state index in [0.717, 1.165) is 6.54 Å². The summed E-state index contributed by atoms with van der Waals surface area (Å²) in [7, 11) is 0. The van der Waals surface area contributed by atoms with Crippen LogP contribution in [0.15, 0.2) is 22.7 Å². The minimum absolute atomic E-state index is 0.396. The van der Waals surface area contributed by atoms with Gasteiger partial charge in [-0.1, -0.05) is 28.9 Å². The van der Waals surface area contributed by atoms with Crippen molar-refractivity contribution in [3.05, 3.63) is 28.2 Å². The maximum absolute atomic E-state index is 3.73. The summed E-state index contributed by atoms with van der Waals surface area (Å²) in [5, 5.41) is 3.46. The predicted molar refractivity (Wildman–Crippen MR) is 90.4 cm³/mol. The van der Waals surface area contributed by atoms with E-state index in [1.54, 1.807) is 0 Å². The van der Waals surface area contributed by atoms with E-state index in [-0.39, 0.29) is 0 Å². The van der Waals surface area contributed by atoms with Crippen LogP contribution in [-0.2, 0) is 0 Å². The van der Waals surface area contributed by atoms with Gasteiger partial charge in [-0.25, -0.2) is 0 Å². The Bertz CT molecular complexity index is 403. The van der Waals surface area contributed by atoms with Gasteiger partial charge in [0.25, 0.3) is 0 Å². The molecule has 0 spiro atoms. The fourth-order valence-corrected chi connectivity index (χ4v) is 4.08. The van der Waals surface area contributed by atoms with Gasteiger partial charge in [-0.2, -0.15) is 11.8 Å². The third-order valence-corrected chi connectivity index (χ3v) is 5.28. The lowest BCUT2D eigenvalue weighted by atomic mass is 10.1. The molecule has 1 aliphatic heterocycles. The molecule has 0 saturated carbocycles. The van der Waals surface area contributed by atoms with Crippen LogP contribution in [0.2, 0.25) is 0 Å². The van der Waals surface area contributed by atoms with Gasteiger partial charge in [0.2, 0.25) is 0 Å². The Balaban J connectivity index is 2.13. The molecule has 1 saturated heterocycles. The molecule has 1 atom stereocenters. The van der Waals surface area contributed by atoms with Gasteiger partial charge < -0.3 is 10.2 Å². The fraction of sp³-hybridized carbons (Fsp3) is 0.600. The lowest BCUT2D eigenvalue weighted by Crippen LogP contribution is -2.25. The van der Waals surface area contributed by atoms with Gasteiger partial charge in [-0.05, 0) is 43.3 Å². The van der Waals surface area contributed by atoms with Gasteiger partial charge >= 0.3 is 0 Å². The normalized spacial score (nSPS) is 18.2. The summed E-state index contributed by atoms with van der Waals surface area (Å²) in [5.74, 6) is 2.54. The largest absolute Gasteiger partial charge is 0.371 e. The van der Waals surface area contributed by atoms with Crippen LogP contribution in [0.4, 0.5) is 5.69 Å². The Morgan fingerprint density at radius 3 is 2.95 bits per heavy atom. The highest BCUT2D eigenvalue weighted by Gasteiger charge is 2.13. The average molecular weight is 343 g/mol. The van der Waals surface area contributed by atoms with Crippen molar-refractivity contribution >= 4 is 33.4 Å². The summed E-state index contributed by atoms with van der Waals surface area (Å²) in [6.45, 7) is 7.71. The second-order valence-electron chi connectivity index (χ2n) is 4.94. The maximum Gasteiger partial charge on any atom is 0.0378 e. The fourth-order valence-electron chi connectivity index (χ4n) is 2.48. The molecule has 19 heavy (non-hydrogen) atoms. The molecule has 2 nitrogen and oxygen atoms in total. The summed E-state index contributed by atoms with van der Waals surface area (Å²) >= 11 is 5.80. The Kier molecular flexibility index (Phi) is 6.05. The first-order valence-electron chi connectivity index (χ1n) is 7.08. The zero-order chi connectivity index (χ0) is 13.7. The number of halogens is 1. The van der Waals surface area contributed by atoms with Crippen LogP contribution >= 0.6 is 27.7 Å². The van der Waals surface area contributed by atoms with Crippen molar-refractivity contribution in [1.29, 1.82) is 0 Å². The molecule has 1 aliphatic rings. The van der Waals surface area contributed by atoms with Crippen LogP contribution in [-0.4, -0.2) is 31.1 Å². The van der Waals surface area contributed by atoms with E-state index in [2.05, 4.69) is 70.0 Å². The first-order valence-corrected chi connectivity index (χ1v) is 9.02. The Morgan fingerprint density at radius 1 is 1.37 bits per heavy atom. The molecule has 1 unspecified atom stereocenters. The van der Waals surface area contributed by atoms with Gasteiger partial charge in [0.05, 0.1) is 0 Å². The molecule has 1 aromatic carbocycles. The molecule has 1 fully saturated rings. The number of rotatable bonds is 4. The number of thioether (sulfide) groups is 1. The van der Waals surface area contributed by atoms with Crippen LogP contribution in [0, 0.1) is 0 Å². The molecular formula is C15H23BrN2S. The molecule has 106 valence electrons. The molecule has 2 rings (SSSR count). The third kappa shape index (κ3) is 4.14. The van der Waals surface area contributed by atoms with Gasteiger partial charge in [0.1, 0.15) is 0 Å². The van der Waals surface area contributed by atoms with Crippen molar-refractivity contribution in [2.45, 2.75) is 26.3 Å². The first-order chi connectivity index (χ1) is 9.22. The summed E-state index contributed by atoms with van der Waals surface area (Å²) in [6, 6.07) is 7.20. The van der Waals surface area contributed by atoms with E-state index < -0.39 is 0 Å². The van der Waals surface area contributed by atoms with E-state index in [4.69, 9.17) is 0 Å². The van der Waals surface area contributed by atoms with E-state index >= 15 is 0 Å². The summed E-state index contributed by atoms with van der Waals surface area (Å²) < 4.78 is 1.22. The van der Waals surface area contributed by atoms with Crippen LogP contribution in [0.3, 0.4) is 0 Å². The van der Waals surface area contributed by atoms with E-state index in [1.165, 1.54) is 46.7 Å². The standard InChI is InChI=1S/C15H23BrN2S/c1-3-17-12(2)14-6-5-13(11-15(14)16)18-7-4-9-19-10-8-18/h5-6,11-12,17H,3-4,7-10H2,1-2H3. The van der Waals surface area contributed by atoms with Crippen molar-refractivity contribution in [2.24, 2.45) is 0 Å². The van der Waals surface area contributed by atoms with Crippen LogP contribution in [0.1, 0.15) is 31.9 Å². The maximum atomic E-state index is 3.73. The van der Waals surface area contributed by atoms with Crippen LogP contribution < -0.4 is 10.2 Å². The molecule has 0 bridgehead atoms. The van der Waals surface area contributed by atoms with E-state index in [1.807, 2.05) is 0 Å². The lowest BCUT2D eigenvalue weighted by Gasteiger charge is -2.24.